The summed E-state index contributed by atoms with van der Waals surface area (Å²) in [5.41, 5.74) is 3.79. The molecule has 2 atom stereocenters. The highest BCUT2D eigenvalue weighted by Gasteiger charge is 2.30. The number of rotatable bonds is 7. The van der Waals surface area contributed by atoms with Crippen molar-refractivity contribution >= 4 is 53.4 Å². The van der Waals surface area contributed by atoms with Gasteiger partial charge in [0.2, 0.25) is 0 Å². The number of fused-ring (bicyclic) bond motifs is 1. The van der Waals surface area contributed by atoms with Crippen molar-refractivity contribution in [1.29, 1.82) is 0 Å². The fourth-order valence-electron chi connectivity index (χ4n) is 5.87. The van der Waals surface area contributed by atoms with Crippen molar-refractivity contribution in [1.82, 2.24) is 9.55 Å². The molecule has 1 aliphatic rings. The topological polar surface area (TPSA) is 17.8 Å². The molecule has 2 nitrogen and oxygen atoms in total. The van der Waals surface area contributed by atoms with E-state index < -0.39 is 15.8 Å². The third kappa shape index (κ3) is 5.18. The Morgan fingerprint density at radius 3 is 1.79 bits per heavy atom. The molecule has 6 aromatic rings. The van der Waals surface area contributed by atoms with E-state index in [9.17, 15) is 0 Å². The lowest BCUT2D eigenvalue weighted by Gasteiger charge is -2.31. The molecular formula is C38H32N2P2. The van der Waals surface area contributed by atoms with Crippen LogP contribution in [0.1, 0.15) is 6.42 Å². The van der Waals surface area contributed by atoms with E-state index in [0.717, 1.165) is 23.3 Å². The minimum atomic E-state index is -0.808. The molecule has 1 heterocycles. The van der Waals surface area contributed by atoms with Gasteiger partial charge in [0.1, 0.15) is 5.82 Å². The van der Waals surface area contributed by atoms with E-state index in [1.54, 1.807) is 0 Å². The first kappa shape index (κ1) is 26.8. The number of allylic oxidation sites excluding steroid dienone is 4. The molecule has 1 aromatic heterocycles. The smallest absolute Gasteiger partial charge is 0.140 e. The van der Waals surface area contributed by atoms with Crippen molar-refractivity contribution in [3.63, 3.8) is 0 Å². The Kier molecular flexibility index (Phi) is 7.67. The van der Waals surface area contributed by atoms with Gasteiger partial charge in [-0.05, 0) is 60.9 Å². The van der Waals surface area contributed by atoms with Crippen molar-refractivity contribution < 1.29 is 0 Å². The van der Waals surface area contributed by atoms with Gasteiger partial charge in [0.05, 0.1) is 11.0 Å². The van der Waals surface area contributed by atoms with E-state index in [0.29, 0.717) is 5.66 Å². The maximum Gasteiger partial charge on any atom is 0.140 e. The maximum atomic E-state index is 5.26. The lowest BCUT2D eigenvalue weighted by atomic mass is 10.2. The van der Waals surface area contributed by atoms with E-state index in [1.165, 1.54) is 32.0 Å². The number of hydrogen-bond donors (Lipinski definition) is 0. The standard InChI is InChI=1S/C38H32N2P2/c1-40-35-28-37(42(32-23-13-5-14-24-32)33-25-15-6-16-26-33)36(27-34(35)39-38(40)29-17-7-2-8-18-29)41(30-19-9-3-10-20-30)31-21-11-4-12-22-31/h2-21,23-28,31H,22H2,1H3. The van der Waals surface area contributed by atoms with Gasteiger partial charge in [0.15, 0.2) is 0 Å². The molecule has 2 unspecified atom stereocenters. The van der Waals surface area contributed by atoms with Crippen LogP contribution in [0.2, 0.25) is 0 Å². The molecule has 0 saturated heterocycles. The molecule has 0 saturated carbocycles. The Morgan fingerprint density at radius 2 is 1.21 bits per heavy atom. The Morgan fingerprint density at radius 1 is 0.643 bits per heavy atom. The Hall–Kier alpha value is -4.09. The number of nitrogens with zero attached hydrogens (tertiary/aromatic N) is 2. The summed E-state index contributed by atoms with van der Waals surface area (Å²) in [5, 5.41) is 7.01. The molecule has 0 fully saturated rings. The van der Waals surface area contributed by atoms with E-state index in [4.69, 9.17) is 4.98 Å². The molecule has 0 bridgehead atoms. The molecule has 7 rings (SSSR count). The number of aryl methyl sites for hydroxylation is 1. The molecule has 0 N–H and O–H groups in total. The lowest BCUT2D eigenvalue weighted by Crippen LogP contribution is -2.34. The van der Waals surface area contributed by atoms with Gasteiger partial charge in [0.25, 0.3) is 0 Å². The van der Waals surface area contributed by atoms with Crippen LogP contribution in [0, 0.1) is 0 Å². The summed E-state index contributed by atoms with van der Waals surface area (Å²) in [7, 11) is 0.646. The van der Waals surface area contributed by atoms with Crippen LogP contribution in [-0.4, -0.2) is 15.2 Å². The second kappa shape index (κ2) is 12.0. The summed E-state index contributed by atoms with van der Waals surface area (Å²) in [6.45, 7) is 0. The average molecular weight is 579 g/mol. The fraction of sp³-hybridized carbons (Fsp3) is 0.0789. The summed E-state index contributed by atoms with van der Waals surface area (Å²) >= 11 is 0. The Balaban J connectivity index is 1.54. The zero-order valence-electron chi connectivity index (χ0n) is 23.6. The van der Waals surface area contributed by atoms with Crippen molar-refractivity contribution in [2.75, 3.05) is 0 Å². The number of hydrogen-bond acceptors (Lipinski definition) is 1. The summed E-state index contributed by atoms with van der Waals surface area (Å²) in [6.07, 6.45) is 10.2. The number of aromatic nitrogens is 2. The van der Waals surface area contributed by atoms with Crippen LogP contribution in [0.3, 0.4) is 0 Å². The van der Waals surface area contributed by atoms with Gasteiger partial charge >= 0.3 is 0 Å². The molecule has 204 valence electrons. The lowest BCUT2D eigenvalue weighted by molar-refractivity contribution is 0.960. The van der Waals surface area contributed by atoms with Crippen molar-refractivity contribution in [3.8, 4) is 11.4 Å². The molecule has 0 spiro atoms. The SMILES string of the molecule is Cn1c(-c2ccccc2)nc2cc(P(c3ccccc3)C3C=CC=CC3)c(P(c3ccccc3)c3ccccc3)cc21. The van der Waals surface area contributed by atoms with Crippen LogP contribution < -0.4 is 26.5 Å². The third-order valence-corrected chi connectivity index (χ3v) is 13.3. The largest absolute Gasteiger partial charge is 0.327 e. The maximum absolute atomic E-state index is 5.26. The fourth-order valence-corrected chi connectivity index (χ4v) is 11.5. The van der Waals surface area contributed by atoms with E-state index in [1.807, 2.05) is 0 Å². The molecule has 4 heteroatoms. The Labute approximate surface area is 250 Å². The first-order valence-corrected chi connectivity index (χ1v) is 17.2. The summed E-state index contributed by atoms with van der Waals surface area (Å²) in [5.74, 6) is 1.00. The zero-order chi connectivity index (χ0) is 28.3. The minimum absolute atomic E-state index is 0.421. The van der Waals surface area contributed by atoms with Crippen molar-refractivity contribution in [3.05, 3.63) is 158 Å². The second-order valence-corrected chi connectivity index (χ2v) is 15.1. The van der Waals surface area contributed by atoms with Crippen LogP contribution in [0.4, 0.5) is 0 Å². The molecule has 0 aliphatic heterocycles. The zero-order valence-corrected chi connectivity index (χ0v) is 25.4. The van der Waals surface area contributed by atoms with Crippen LogP contribution >= 0.6 is 15.8 Å². The number of imidazole rings is 1. The molecule has 0 amide bonds. The molecule has 42 heavy (non-hydrogen) atoms. The van der Waals surface area contributed by atoms with Gasteiger partial charge in [-0.3, -0.25) is 0 Å². The van der Waals surface area contributed by atoms with E-state index >= 15 is 0 Å². The van der Waals surface area contributed by atoms with Crippen molar-refractivity contribution in [2.24, 2.45) is 7.05 Å². The van der Waals surface area contributed by atoms with Gasteiger partial charge in [-0.25, -0.2) is 4.98 Å². The molecule has 1 aliphatic carbocycles. The van der Waals surface area contributed by atoms with Gasteiger partial charge in [-0.15, -0.1) is 0 Å². The van der Waals surface area contributed by atoms with Crippen LogP contribution in [0.15, 0.2) is 158 Å². The normalized spacial score (nSPS) is 15.3. The average Bonchev–Trinajstić information content (AvgIpc) is 3.39. The molecule has 5 aromatic carbocycles. The van der Waals surface area contributed by atoms with Crippen molar-refractivity contribution in [2.45, 2.75) is 12.1 Å². The van der Waals surface area contributed by atoms with Crippen LogP contribution in [0.25, 0.3) is 22.4 Å². The highest BCUT2D eigenvalue weighted by molar-refractivity contribution is 7.83. The highest BCUT2D eigenvalue weighted by atomic mass is 31.1. The van der Waals surface area contributed by atoms with E-state index in [-0.39, 0.29) is 0 Å². The first-order valence-electron chi connectivity index (χ1n) is 14.4. The second-order valence-electron chi connectivity index (χ2n) is 10.5. The van der Waals surface area contributed by atoms with Crippen LogP contribution in [-0.2, 0) is 7.05 Å². The molecular weight excluding hydrogens is 546 g/mol. The van der Waals surface area contributed by atoms with Gasteiger partial charge < -0.3 is 4.57 Å². The van der Waals surface area contributed by atoms with E-state index in [2.05, 4.69) is 169 Å². The summed E-state index contributed by atoms with van der Waals surface area (Å²) < 4.78 is 2.27. The van der Waals surface area contributed by atoms with Gasteiger partial charge in [-0.2, -0.15) is 0 Å². The quantitative estimate of drug-likeness (QED) is 0.182. The minimum Gasteiger partial charge on any atom is -0.327 e. The van der Waals surface area contributed by atoms with Crippen LogP contribution in [0.5, 0.6) is 0 Å². The number of benzene rings is 5. The molecule has 0 radical (unpaired) electrons. The predicted octanol–water partition coefficient (Wildman–Crippen LogP) is 7.32. The van der Waals surface area contributed by atoms with Gasteiger partial charge in [-0.1, -0.05) is 146 Å². The predicted molar refractivity (Wildman–Crippen MR) is 184 cm³/mol. The highest BCUT2D eigenvalue weighted by Crippen LogP contribution is 2.46. The first-order chi connectivity index (χ1) is 20.8. The summed E-state index contributed by atoms with van der Waals surface area (Å²) in [6, 6.07) is 48.8. The monoisotopic (exact) mass is 578 g/mol. The third-order valence-electron chi connectivity index (χ3n) is 7.86. The Bertz CT molecular complexity index is 1820. The summed E-state index contributed by atoms with van der Waals surface area (Å²) in [4.78, 5) is 5.26. The van der Waals surface area contributed by atoms with Gasteiger partial charge in [0, 0.05) is 18.3 Å².